The topological polar surface area (TPSA) is 81.6 Å². The number of nitrogens with zero attached hydrogens (tertiary/aromatic N) is 1. The van der Waals surface area contributed by atoms with Crippen LogP contribution in [0.3, 0.4) is 0 Å². The van der Waals surface area contributed by atoms with Gasteiger partial charge >= 0.3 is 6.18 Å². The second-order valence-corrected chi connectivity index (χ2v) is 9.81. The maximum Gasteiger partial charge on any atom is 0.416 e. The Balaban J connectivity index is 1.74. The van der Waals surface area contributed by atoms with Gasteiger partial charge in [-0.25, -0.2) is 4.99 Å². The number of halogens is 3. The highest BCUT2D eigenvalue weighted by Crippen LogP contribution is 2.42. The molecule has 0 spiro atoms. The van der Waals surface area contributed by atoms with Crippen molar-refractivity contribution in [2.24, 2.45) is 4.99 Å². The van der Waals surface area contributed by atoms with Crippen LogP contribution in [0.1, 0.15) is 28.3 Å². The van der Waals surface area contributed by atoms with E-state index in [4.69, 9.17) is 23.7 Å². The molecule has 38 heavy (non-hydrogen) atoms. The van der Waals surface area contributed by atoms with Gasteiger partial charge in [-0.3, -0.25) is 0 Å². The minimum Gasteiger partial charge on any atom is -0.606 e. The molecule has 1 heterocycles. The molecule has 0 aliphatic carbocycles. The summed E-state index contributed by atoms with van der Waals surface area (Å²) in [6.07, 6.45) is -4.61. The molecule has 0 N–H and O–H groups in total. The first-order valence-corrected chi connectivity index (χ1v) is 12.6. The van der Waals surface area contributed by atoms with Gasteiger partial charge in [-0.15, -0.1) is 0 Å². The third-order valence-electron chi connectivity index (χ3n) is 5.81. The molecule has 1 aliphatic rings. The van der Waals surface area contributed by atoms with Gasteiger partial charge < -0.3 is 28.2 Å². The molecule has 3 aromatic carbocycles. The number of aryl methyl sites for hydroxylation is 1. The summed E-state index contributed by atoms with van der Waals surface area (Å²) >= 11 is -1.91. The van der Waals surface area contributed by atoms with Gasteiger partial charge in [0.05, 0.1) is 25.3 Å². The predicted octanol–water partition coefficient (Wildman–Crippen LogP) is 5.70. The Bertz CT molecular complexity index is 1290. The van der Waals surface area contributed by atoms with Crippen LogP contribution in [0.2, 0.25) is 0 Å². The Kier molecular flexibility index (Phi) is 8.39. The van der Waals surface area contributed by atoms with E-state index < -0.39 is 29.0 Å². The maximum absolute atomic E-state index is 13.5. The average Bonchev–Trinajstić information content (AvgIpc) is 3.41. The normalized spacial score (nSPS) is 16.0. The van der Waals surface area contributed by atoms with Crippen molar-refractivity contribution in [3.8, 4) is 17.2 Å². The number of alkyl halides is 3. The number of hydrogen-bond acceptors (Lipinski definition) is 7. The van der Waals surface area contributed by atoms with Crippen LogP contribution in [-0.2, 0) is 26.8 Å². The molecule has 1 unspecified atom stereocenters. The smallest absolute Gasteiger partial charge is 0.416 e. The van der Waals surface area contributed by atoms with E-state index in [1.165, 1.54) is 27.4 Å². The molecule has 1 aliphatic heterocycles. The van der Waals surface area contributed by atoms with Crippen LogP contribution in [0, 0.1) is 6.92 Å². The Morgan fingerprint density at radius 3 is 2.24 bits per heavy atom. The van der Waals surface area contributed by atoms with Crippen LogP contribution in [-0.4, -0.2) is 45.2 Å². The second kappa shape index (κ2) is 11.5. The van der Waals surface area contributed by atoms with Crippen molar-refractivity contribution < 1.29 is 41.4 Å². The summed E-state index contributed by atoms with van der Waals surface area (Å²) in [4.78, 5) is 4.94. The number of methoxy groups -OCH3 is 3. The number of benzene rings is 3. The Hall–Kier alpha value is -3.41. The number of rotatable bonds is 9. The number of ether oxygens (including phenoxy) is 5. The van der Waals surface area contributed by atoms with E-state index in [0.717, 1.165) is 17.7 Å². The Morgan fingerprint density at radius 2 is 1.66 bits per heavy atom. The van der Waals surface area contributed by atoms with Gasteiger partial charge in [0.15, 0.2) is 28.1 Å². The standard InChI is InChI=1S/C27H26F3NO6S/c1-16-5-8-19(9-6-16)38(32)24-13-18(27(28,29)30)7-10-20(24)26-31-21(14-36-26)17-11-22(34-3)25(37-15-33-2)23(12-17)35-4/h5-13,21H,14-15H2,1-4H3/t21-,38?/m1/s1. The van der Waals surface area contributed by atoms with E-state index in [-0.39, 0.29) is 29.8 Å². The van der Waals surface area contributed by atoms with Crippen LogP contribution >= 0.6 is 0 Å². The molecule has 3 aromatic rings. The minimum atomic E-state index is -4.61. The first-order valence-electron chi connectivity index (χ1n) is 11.4. The van der Waals surface area contributed by atoms with Crippen molar-refractivity contribution in [3.63, 3.8) is 0 Å². The highest BCUT2D eigenvalue weighted by Gasteiger charge is 2.35. The quantitative estimate of drug-likeness (QED) is 0.252. The van der Waals surface area contributed by atoms with Gasteiger partial charge in [0.25, 0.3) is 0 Å². The molecule has 0 amide bonds. The first kappa shape index (κ1) is 27.6. The van der Waals surface area contributed by atoms with Crippen molar-refractivity contribution in [2.45, 2.75) is 28.9 Å². The molecule has 202 valence electrons. The zero-order valence-electron chi connectivity index (χ0n) is 21.1. The van der Waals surface area contributed by atoms with E-state index in [1.54, 1.807) is 36.4 Å². The van der Waals surface area contributed by atoms with E-state index in [0.29, 0.717) is 27.7 Å². The summed E-state index contributed by atoms with van der Waals surface area (Å²) in [6.45, 7) is 1.96. The average molecular weight is 550 g/mol. The summed E-state index contributed by atoms with van der Waals surface area (Å²) in [5.41, 5.74) is 0.920. The second-order valence-electron chi connectivity index (χ2n) is 8.36. The monoisotopic (exact) mass is 549 g/mol. The van der Waals surface area contributed by atoms with E-state index >= 15 is 0 Å². The van der Waals surface area contributed by atoms with Gasteiger partial charge in [-0.05, 0) is 48.9 Å². The van der Waals surface area contributed by atoms with Gasteiger partial charge in [0.2, 0.25) is 11.6 Å². The van der Waals surface area contributed by atoms with Crippen LogP contribution in [0.4, 0.5) is 13.2 Å². The van der Waals surface area contributed by atoms with Gasteiger partial charge in [0, 0.05) is 24.4 Å². The molecular formula is C27H26F3NO6S. The summed E-state index contributed by atoms with van der Waals surface area (Å²) in [6, 6.07) is 12.7. The lowest BCUT2D eigenvalue weighted by Crippen LogP contribution is -2.14. The largest absolute Gasteiger partial charge is 0.606 e. The molecule has 0 bridgehead atoms. The summed E-state index contributed by atoms with van der Waals surface area (Å²) in [5.74, 6) is 1.21. The van der Waals surface area contributed by atoms with Crippen molar-refractivity contribution in [2.75, 3.05) is 34.7 Å². The van der Waals surface area contributed by atoms with Gasteiger partial charge in [-0.1, -0.05) is 17.7 Å². The van der Waals surface area contributed by atoms with Crippen molar-refractivity contribution in [1.82, 2.24) is 0 Å². The molecule has 11 heteroatoms. The summed E-state index contributed by atoms with van der Waals surface area (Å²) in [5, 5.41) is 0. The highest BCUT2D eigenvalue weighted by molar-refractivity contribution is 7.91. The molecule has 0 fully saturated rings. The third-order valence-corrected chi connectivity index (χ3v) is 7.25. The molecule has 0 aromatic heterocycles. The molecular weight excluding hydrogens is 523 g/mol. The Morgan fingerprint density at radius 1 is 1.00 bits per heavy atom. The third kappa shape index (κ3) is 5.85. The van der Waals surface area contributed by atoms with Gasteiger partial charge in [-0.2, -0.15) is 13.2 Å². The lowest BCUT2D eigenvalue weighted by Gasteiger charge is -2.16. The summed E-state index contributed by atoms with van der Waals surface area (Å²) in [7, 11) is 4.45. The van der Waals surface area contributed by atoms with E-state index in [2.05, 4.69) is 4.99 Å². The molecule has 0 saturated carbocycles. The highest BCUT2D eigenvalue weighted by atomic mass is 32.2. The molecule has 4 rings (SSSR count). The SMILES string of the molecule is COCOc1c(OC)cc([C@H]2COC(c3ccc(C(F)(F)F)cc3[S+]([O-])c3ccc(C)cc3)=N2)cc1OC. The van der Waals surface area contributed by atoms with Crippen molar-refractivity contribution >= 4 is 17.1 Å². The van der Waals surface area contributed by atoms with Gasteiger partial charge in [0.1, 0.15) is 12.6 Å². The number of hydrogen-bond donors (Lipinski definition) is 0. The fraction of sp³-hybridized carbons (Fsp3) is 0.296. The van der Waals surface area contributed by atoms with Crippen LogP contribution < -0.4 is 14.2 Å². The fourth-order valence-electron chi connectivity index (χ4n) is 3.86. The van der Waals surface area contributed by atoms with Crippen molar-refractivity contribution in [1.29, 1.82) is 0 Å². The van der Waals surface area contributed by atoms with Crippen LogP contribution in [0.15, 0.2) is 69.4 Å². The zero-order valence-corrected chi connectivity index (χ0v) is 21.9. The number of aliphatic imine (C=N–C) groups is 1. The maximum atomic E-state index is 13.5. The summed E-state index contributed by atoms with van der Waals surface area (Å²) < 4.78 is 81.3. The minimum absolute atomic E-state index is 0.0181. The zero-order chi connectivity index (χ0) is 27.4. The molecule has 2 atom stereocenters. The lowest BCUT2D eigenvalue weighted by atomic mass is 10.1. The van der Waals surface area contributed by atoms with Crippen molar-refractivity contribution in [3.05, 3.63) is 76.9 Å². The molecule has 7 nitrogen and oxygen atoms in total. The first-order chi connectivity index (χ1) is 18.2. The molecule has 0 saturated heterocycles. The lowest BCUT2D eigenvalue weighted by molar-refractivity contribution is -0.137. The van der Waals surface area contributed by atoms with E-state index in [9.17, 15) is 17.7 Å². The predicted molar refractivity (Wildman–Crippen MR) is 135 cm³/mol. The fourth-order valence-corrected chi connectivity index (χ4v) is 5.09. The van der Waals surface area contributed by atoms with Crippen LogP contribution in [0.25, 0.3) is 0 Å². The Labute approximate surface area is 221 Å². The van der Waals surface area contributed by atoms with E-state index in [1.807, 2.05) is 6.92 Å². The molecule has 0 radical (unpaired) electrons. The van der Waals surface area contributed by atoms with Crippen LogP contribution in [0.5, 0.6) is 17.2 Å².